The van der Waals surface area contributed by atoms with Gasteiger partial charge in [0.05, 0.1) is 11.0 Å². The Morgan fingerprint density at radius 2 is 2.22 bits per heavy atom. The summed E-state index contributed by atoms with van der Waals surface area (Å²) in [5.74, 6) is 0. The van der Waals surface area contributed by atoms with Gasteiger partial charge in [-0.2, -0.15) is 0 Å². The van der Waals surface area contributed by atoms with Gasteiger partial charge in [-0.05, 0) is 25.8 Å². The van der Waals surface area contributed by atoms with Crippen LogP contribution in [0.3, 0.4) is 0 Å². The molecule has 5 nitrogen and oxygen atoms in total. The van der Waals surface area contributed by atoms with Crippen LogP contribution in [0.4, 0.5) is 5.69 Å². The van der Waals surface area contributed by atoms with E-state index in [-0.39, 0.29) is 16.7 Å². The third kappa shape index (κ3) is 3.27. The average Bonchev–Trinajstić information content (AvgIpc) is 2.37. The molecule has 2 rings (SSSR count). The van der Waals surface area contributed by atoms with Crippen molar-refractivity contribution in [3.8, 4) is 0 Å². The summed E-state index contributed by atoms with van der Waals surface area (Å²) >= 11 is 0. The van der Waals surface area contributed by atoms with E-state index in [2.05, 4.69) is 4.90 Å². The Bertz CT molecular complexity index is 422. The quantitative estimate of drug-likeness (QED) is 0.651. The molecule has 1 aliphatic heterocycles. The van der Waals surface area contributed by atoms with Gasteiger partial charge < -0.3 is 10.0 Å². The number of likely N-dealkylation sites (tertiary alicyclic amines) is 1. The highest BCUT2D eigenvalue weighted by Crippen LogP contribution is 2.19. The van der Waals surface area contributed by atoms with Crippen LogP contribution in [0, 0.1) is 10.1 Å². The van der Waals surface area contributed by atoms with Crippen LogP contribution < -0.4 is 0 Å². The first-order valence-electron chi connectivity index (χ1n) is 6.29. The van der Waals surface area contributed by atoms with Crippen LogP contribution in [0.15, 0.2) is 24.3 Å². The number of benzene rings is 1. The van der Waals surface area contributed by atoms with Gasteiger partial charge in [0.15, 0.2) is 0 Å². The molecule has 1 heterocycles. The molecular weight excluding hydrogens is 232 g/mol. The van der Waals surface area contributed by atoms with Crippen LogP contribution in [0.1, 0.15) is 18.4 Å². The summed E-state index contributed by atoms with van der Waals surface area (Å²) in [5, 5.41) is 20.4. The zero-order valence-electron chi connectivity index (χ0n) is 10.3. The summed E-state index contributed by atoms with van der Waals surface area (Å²) < 4.78 is 0. The van der Waals surface area contributed by atoms with Crippen molar-refractivity contribution in [1.29, 1.82) is 0 Å². The van der Waals surface area contributed by atoms with Gasteiger partial charge in [0, 0.05) is 24.7 Å². The summed E-state index contributed by atoms with van der Waals surface area (Å²) in [5.41, 5.74) is 0.956. The number of aliphatic hydroxyl groups excluding tert-OH is 1. The molecule has 0 bridgehead atoms. The van der Waals surface area contributed by atoms with E-state index in [1.54, 1.807) is 18.2 Å². The predicted molar refractivity (Wildman–Crippen MR) is 68.5 cm³/mol. The third-order valence-electron chi connectivity index (χ3n) is 3.37. The molecule has 5 heteroatoms. The Labute approximate surface area is 106 Å². The number of nitro groups is 1. The van der Waals surface area contributed by atoms with Gasteiger partial charge in [0.1, 0.15) is 0 Å². The molecule has 0 aliphatic carbocycles. The molecule has 1 N–H and O–H groups in total. The smallest absolute Gasteiger partial charge is 0.272 e. The molecule has 0 radical (unpaired) electrons. The number of rotatable bonds is 4. The average molecular weight is 250 g/mol. The number of hydrogen-bond acceptors (Lipinski definition) is 4. The Morgan fingerprint density at radius 1 is 1.44 bits per heavy atom. The van der Waals surface area contributed by atoms with Crippen molar-refractivity contribution in [2.45, 2.75) is 25.4 Å². The number of para-hydroxylation sites is 1. The van der Waals surface area contributed by atoms with Gasteiger partial charge in [0.2, 0.25) is 0 Å². The van der Waals surface area contributed by atoms with Crippen molar-refractivity contribution >= 4 is 5.69 Å². The summed E-state index contributed by atoms with van der Waals surface area (Å²) in [7, 11) is 0. The summed E-state index contributed by atoms with van der Waals surface area (Å²) in [6.45, 7) is 2.42. The van der Waals surface area contributed by atoms with Crippen molar-refractivity contribution in [1.82, 2.24) is 4.90 Å². The maximum Gasteiger partial charge on any atom is 0.272 e. The Hall–Kier alpha value is -1.46. The molecule has 18 heavy (non-hydrogen) atoms. The lowest BCUT2D eigenvalue weighted by molar-refractivity contribution is -0.385. The Kier molecular flexibility index (Phi) is 4.28. The van der Waals surface area contributed by atoms with Crippen LogP contribution in [0.2, 0.25) is 0 Å². The number of nitro benzene ring substituents is 1. The summed E-state index contributed by atoms with van der Waals surface area (Å²) in [4.78, 5) is 12.7. The van der Waals surface area contributed by atoms with Crippen LogP contribution >= 0.6 is 0 Å². The topological polar surface area (TPSA) is 66.6 Å². The fourth-order valence-electron chi connectivity index (χ4n) is 2.41. The van der Waals surface area contributed by atoms with E-state index in [0.717, 1.165) is 31.5 Å². The Balaban J connectivity index is 1.95. The summed E-state index contributed by atoms with van der Waals surface area (Å²) in [6, 6.07) is 6.86. The molecule has 1 saturated heterocycles. The molecule has 0 unspecified atom stereocenters. The second-order valence-corrected chi connectivity index (χ2v) is 4.73. The maximum absolute atomic E-state index is 10.9. The second-order valence-electron chi connectivity index (χ2n) is 4.73. The molecule has 1 fully saturated rings. The molecule has 0 amide bonds. The van der Waals surface area contributed by atoms with Crippen molar-refractivity contribution in [2.24, 2.45) is 0 Å². The second kappa shape index (κ2) is 5.93. The number of hydrogen-bond donors (Lipinski definition) is 1. The van der Waals surface area contributed by atoms with E-state index in [4.69, 9.17) is 0 Å². The molecule has 1 atom stereocenters. The van der Waals surface area contributed by atoms with Crippen molar-refractivity contribution in [3.63, 3.8) is 0 Å². The SMILES string of the molecule is O=[N+]([O-])c1ccccc1CCN1CCC[C@H](O)C1. The van der Waals surface area contributed by atoms with E-state index in [1.165, 1.54) is 0 Å². The molecule has 0 saturated carbocycles. The monoisotopic (exact) mass is 250 g/mol. The van der Waals surface area contributed by atoms with Gasteiger partial charge in [0.25, 0.3) is 5.69 Å². The fraction of sp³-hybridized carbons (Fsp3) is 0.538. The van der Waals surface area contributed by atoms with Crippen LogP contribution in [0.25, 0.3) is 0 Å². The van der Waals surface area contributed by atoms with Gasteiger partial charge >= 0.3 is 0 Å². The lowest BCUT2D eigenvalue weighted by Crippen LogP contribution is -2.39. The van der Waals surface area contributed by atoms with Gasteiger partial charge in [-0.25, -0.2) is 0 Å². The zero-order chi connectivity index (χ0) is 13.0. The molecule has 1 aromatic rings. The fourth-order valence-corrected chi connectivity index (χ4v) is 2.41. The van der Waals surface area contributed by atoms with E-state index < -0.39 is 0 Å². The number of piperidine rings is 1. The number of aliphatic hydroxyl groups is 1. The third-order valence-corrected chi connectivity index (χ3v) is 3.37. The minimum atomic E-state index is -0.333. The largest absolute Gasteiger partial charge is 0.392 e. The van der Waals surface area contributed by atoms with Crippen molar-refractivity contribution < 1.29 is 10.0 Å². The van der Waals surface area contributed by atoms with E-state index in [9.17, 15) is 15.2 Å². The molecule has 0 spiro atoms. The molecule has 1 aromatic carbocycles. The minimum Gasteiger partial charge on any atom is -0.392 e. The van der Waals surface area contributed by atoms with Crippen LogP contribution in [-0.2, 0) is 6.42 Å². The highest BCUT2D eigenvalue weighted by molar-refractivity contribution is 5.39. The van der Waals surface area contributed by atoms with Gasteiger partial charge in [-0.3, -0.25) is 10.1 Å². The Morgan fingerprint density at radius 3 is 2.94 bits per heavy atom. The van der Waals surface area contributed by atoms with Crippen molar-refractivity contribution in [3.05, 3.63) is 39.9 Å². The van der Waals surface area contributed by atoms with Gasteiger partial charge in [-0.15, -0.1) is 0 Å². The first kappa shape index (κ1) is 13.0. The lowest BCUT2D eigenvalue weighted by Gasteiger charge is -2.29. The first-order valence-corrected chi connectivity index (χ1v) is 6.29. The molecule has 0 aromatic heterocycles. The van der Waals surface area contributed by atoms with E-state index in [0.29, 0.717) is 13.0 Å². The molecular formula is C13H18N2O3. The minimum absolute atomic E-state index is 0.190. The molecule has 1 aliphatic rings. The predicted octanol–water partition coefficient (Wildman–Crippen LogP) is 1.59. The van der Waals surface area contributed by atoms with E-state index in [1.807, 2.05) is 6.07 Å². The summed E-state index contributed by atoms with van der Waals surface area (Å²) in [6.07, 6.45) is 2.27. The normalized spacial score (nSPS) is 20.8. The maximum atomic E-state index is 10.9. The van der Waals surface area contributed by atoms with Crippen LogP contribution in [-0.4, -0.2) is 40.7 Å². The standard InChI is InChI=1S/C13H18N2O3/c16-12-5-3-8-14(10-12)9-7-11-4-1-2-6-13(11)15(17)18/h1-2,4,6,12,16H,3,5,7-10H2/t12-/m0/s1. The van der Waals surface area contributed by atoms with Gasteiger partial charge in [-0.1, -0.05) is 18.2 Å². The molecule has 98 valence electrons. The number of β-amino-alcohol motifs (C(OH)–C–C–N with tert-alkyl or cyclic N) is 1. The lowest BCUT2D eigenvalue weighted by atomic mass is 10.1. The van der Waals surface area contributed by atoms with Crippen LogP contribution in [0.5, 0.6) is 0 Å². The highest BCUT2D eigenvalue weighted by atomic mass is 16.6. The van der Waals surface area contributed by atoms with Crippen molar-refractivity contribution in [2.75, 3.05) is 19.6 Å². The van der Waals surface area contributed by atoms with E-state index >= 15 is 0 Å². The highest BCUT2D eigenvalue weighted by Gasteiger charge is 2.18. The first-order chi connectivity index (χ1) is 8.66. The number of nitrogens with zero attached hydrogens (tertiary/aromatic N) is 2. The zero-order valence-corrected chi connectivity index (χ0v) is 10.3.